The number of amides is 1. The predicted molar refractivity (Wildman–Crippen MR) is 387 cm³/mol. The summed E-state index contributed by atoms with van der Waals surface area (Å²) in [7, 11) is 0. The molecule has 1 aliphatic rings. The van der Waals surface area contributed by atoms with E-state index in [2.05, 4.69) is 31.3 Å². The van der Waals surface area contributed by atoms with Crippen molar-refractivity contribution in [3.05, 3.63) is 24.3 Å². The van der Waals surface area contributed by atoms with Crippen LogP contribution in [0.25, 0.3) is 0 Å². The van der Waals surface area contributed by atoms with Crippen LogP contribution < -0.4 is 5.32 Å². The van der Waals surface area contributed by atoms with Crippen LogP contribution in [0.1, 0.15) is 431 Å². The molecule has 0 aromatic heterocycles. The molecule has 534 valence electrons. The summed E-state index contributed by atoms with van der Waals surface area (Å²) in [6.07, 6.45) is 87.8. The molecule has 1 aliphatic heterocycles. The predicted octanol–water partition coefficient (Wildman–Crippen LogP) is 23.2. The molecule has 1 rings (SSSR count). The van der Waals surface area contributed by atoms with E-state index < -0.39 is 49.5 Å². The first-order valence-corrected chi connectivity index (χ1v) is 40.6. The average molecular weight is 1270 g/mol. The summed E-state index contributed by atoms with van der Waals surface area (Å²) in [5.74, 6) is -0.176. The molecule has 6 N–H and O–H groups in total. The molecule has 1 amide bonds. The van der Waals surface area contributed by atoms with E-state index in [1.54, 1.807) is 6.08 Å². The molecular formula is C81H157NO8. The summed E-state index contributed by atoms with van der Waals surface area (Å²) in [5, 5.41) is 54.9. The Morgan fingerprint density at radius 1 is 0.367 bits per heavy atom. The minimum atomic E-state index is -1.57. The highest BCUT2D eigenvalue weighted by molar-refractivity contribution is 5.76. The fourth-order valence-electron chi connectivity index (χ4n) is 13.5. The van der Waals surface area contributed by atoms with Gasteiger partial charge in [0.25, 0.3) is 0 Å². The van der Waals surface area contributed by atoms with Crippen LogP contribution in [-0.4, -0.2) is 87.5 Å². The third kappa shape index (κ3) is 58.1. The molecule has 90 heavy (non-hydrogen) atoms. The van der Waals surface area contributed by atoms with E-state index in [9.17, 15) is 30.3 Å². The Labute approximate surface area is 559 Å². The number of ether oxygens (including phenoxy) is 2. The zero-order valence-electron chi connectivity index (χ0n) is 60.2. The van der Waals surface area contributed by atoms with Gasteiger partial charge in [0.05, 0.1) is 25.4 Å². The summed E-state index contributed by atoms with van der Waals surface area (Å²) in [4.78, 5) is 13.2. The third-order valence-corrected chi connectivity index (χ3v) is 19.8. The summed E-state index contributed by atoms with van der Waals surface area (Å²) in [5.41, 5.74) is 0. The van der Waals surface area contributed by atoms with Gasteiger partial charge in [-0.25, -0.2) is 0 Å². The van der Waals surface area contributed by atoms with Crippen LogP contribution in [0.3, 0.4) is 0 Å². The third-order valence-electron chi connectivity index (χ3n) is 19.8. The summed E-state index contributed by atoms with van der Waals surface area (Å²) in [6.45, 7) is 3.84. The Morgan fingerprint density at radius 2 is 0.633 bits per heavy atom. The van der Waals surface area contributed by atoms with Crippen LogP contribution in [0.15, 0.2) is 24.3 Å². The van der Waals surface area contributed by atoms with E-state index in [0.717, 1.165) is 38.5 Å². The quantitative estimate of drug-likeness (QED) is 0.0261. The highest BCUT2D eigenvalue weighted by Gasteiger charge is 2.44. The van der Waals surface area contributed by atoms with Gasteiger partial charge in [0.2, 0.25) is 5.91 Å². The number of rotatable bonds is 73. The largest absolute Gasteiger partial charge is 0.394 e. The number of unbranched alkanes of at least 4 members (excludes halogenated alkanes) is 61. The van der Waals surface area contributed by atoms with Crippen molar-refractivity contribution in [3.63, 3.8) is 0 Å². The van der Waals surface area contributed by atoms with Crippen molar-refractivity contribution in [1.82, 2.24) is 5.32 Å². The topological polar surface area (TPSA) is 149 Å². The number of hydrogen-bond donors (Lipinski definition) is 6. The molecule has 0 radical (unpaired) electrons. The lowest BCUT2D eigenvalue weighted by Crippen LogP contribution is -2.60. The maximum atomic E-state index is 13.2. The molecule has 1 heterocycles. The number of nitrogens with one attached hydrogen (secondary N) is 1. The Bertz CT molecular complexity index is 1480. The molecule has 0 spiro atoms. The monoisotopic (exact) mass is 1270 g/mol. The van der Waals surface area contributed by atoms with Crippen molar-refractivity contribution in [2.75, 3.05) is 13.2 Å². The van der Waals surface area contributed by atoms with Crippen LogP contribution >= 0.6 is 0 Å². The van der Waals surface area contributed by atoms with Crippen molar-refractivity contribution in [3.8, 4) is 0 Å². The highest BCUT2D eigenvalue weighted by atomic mass is 16.7. The molecule has 0 saturated carbocycles. The molecule has 0 aromatic carbocycles. The second-order valence-corrected chi connectivity index (χ2v) is 28.6. The molecule has 0 aromatic rings. The van der Waals surface area contributed by atoms with E-state index in [-0.39, 0.29) is 12.5 Å². The van der Waals surface area contributed by atoms with Gasteiger partial charge in [-0.2, -0.15) is 0 Å². The van der Waals surface area contributed by atoms with E-state index in [1.165, 1.54) is 372 Å². The van der Waals surface area contributed by atoms with Crippen molar-refractivity contribution < 1.29 is 39.8 Å². The van der Waals surface area contributed by atoms with Crippen LogP contribution in [0.4, 0.5) is 0 Å². The van der Waals surface area contributed by atoms with E-state index >= 15 is 0 Å². The summed E-state index contributed by atoms with van der Waals surface area (Å²) in [6, 6.07) is -0.821. The molecule has 7 unspecified atom stereocenters. The van der Waals surface area contributed by atoms with Crippen molar-refractivity contribution in [1.29, 1.82) is 0 Å². The van der Waals surface area contributed by atoms with Gasteiger partial charge in [-0.1, -0.05) is 417 Å². The van der Waals surface area contributed by atoms with Gasteiger partial charge < -0.3 is 40.3 Å². The van der Waals surface area contributed by atoms with Crippen LogP contribution in [-0.2, 0) is 14.3 Å². The second kappa shape index (κ2) is 70.5. The Kier molecular flexibility index (Phi) is 67.9. The van der Waals surface area contributed by atoms with Crippen LogP contribution in [0.5, 0.6) is 0 Å². The average Bonchev–Trinajstić information content (AvgIpc) is 1.28. The lowest BCUT2D eigenvalue weighted by molar-refractivity contribution is -0.302. The first-order valence-electron chi connectivity index (χ1n) is 40.6. The van der Waals surface area contributed by atoms with Gasteiger partial charge in [0.15, 0.2) is 6.29 Å². The van der Waals surface area contributed by atoms with Crippen molar-refractivity contribution in [2.45, 2.75) is 474 Å². The molecule has 0 aliphatic carbocycles. The highest BCUT2D eigenvalue weighted by Crippen LogP contribution is 2.24. The molecule has 9 nitrogen and oxygen atoms in total. The van der Waals surface area contributed by atoms with Crippen molar-refractivity contribution >= 4 is 5.91 Å². The number of carbonyl (C=O) groups is 1. The summed E-state index contributed by atoms with van der Waals surface area (Å²) < 4.78 is 11.3. The minimum Gasteiger partial charge on any atom is -0.394 e. The van der Waals surface area contributed by atoms with E-state index in [0.29, 0.717) is 6.42 Å². The number of aliphatic hydroxyl groups excluding tert-OH is 5. The number of carbonyl (C=O) groups excluding carboxylic acids is 1. The Hall–Kier alpha value is -1.33. The number of hydrogen-bond acceptors (Lipinski definition) is 8. The molecule has 9 heteroatoms. The van der Waals surface area contributed by atoms with Gasteiger partial charge in [-0.05, 0) is 32.1 Å². The molecule has 1 saturated heterocycles. The zero-order chi connectivity index (χ0) is 64.9. The maximum Gasteiger partial charge on any atom is 0.220 e. The molecular weight excluding hydrogens is 1110 g/mol. The van der Waals surface area contributed by atoms with Gasteiger partial charge in [0.1, 0.15) is 24.4 Å². The first kappa shape index (κ1) is 86.7. The lowest BCUT2D eigenvalue weighted by atomic mass is 9.99. The minimum absolute atomic E-state index is 0.176. The van der Waals surface area contributed by atoms with E-state index in [1.807, 2.05) is 6.08 Å². The normalized spacial score (nSPS) is 17.8. The number of aliphatic hydroxyl groups is 5. The number of allylic oxidation sites excluding steroid dienone is 3. The fraction of sp³-hybridized carbons (Fsp3) is 0.938. The SMILES string of the molecule is CCCCCCCCCCCCCCCCCCCCCCCCCC/C=C/CC/C=C/C(O)C(COC1OC(CO)C(O)C(O)C1O)NC(=O)CCCCCCCCCCCCCCCCCCCCCCCCCCCCCCCCCCCCCCC. The van der Waals surface area contributed by atoms with E-state index in [4.69, 9.17) is 9.47 Å². The van der Waals surface area contributed by atoms with Crippen molar-refractivity contribution in [2.24, 2.45) is 0 Å². The Balaban J connectivity index is 2.06. The smallest absolute Gasteiger partial charge is 0.220 e. The van der Waals surface area contributed by atoms with Gasteiger partial charge in [0, 0.05) is 6.42 Å². The van der Waals surface area contributed by atoms with Crippen LogP contribution in [0.2, 0.25) is 0 Å². The standard InChI is InChI=1S/C81H157NO8/c1-3-5-7-9-11-13-15-17-19-21-23-25-27-29-31-33-35-36-37-38-39-40-41-43-45-47-49-51-53-55-57-59-61-63-65-67-69-71-77(85)82-74(73-89-81-80(88)79(87)78(86)76(72-83)90-81)75(84)70-68-66-64-62-60-58-56-54-52-50-48-46-44-42-34-32-30-28-26-24-22-20-18-16-14-12-10-8-6-4-2/h60,62,68,70,74-76,78-81,83-84,86-88H,3-59,61,63-67,69,71-73H2,1-2H3,(H,82,85)/b62-60+,70-68+. The molecule has 1 fully saturated rings. The fourth-order valence-corrected chi connectivity index (χ4v) is 13.5. The maximum absolute atomic E-state index is 13.2. The lowest BCUT2D eigenvalue weighted by Gasteiger charge is -2.40. The molecule has 7 atom stereocenters. The zero-order valence-corrected chi connectivity index (χ0v) is 60.2. The Morgan fingerprint density at radius 3 is 0.933 bits per heavy atom. The summed E-state index contributed by atoms with van der Waals surface area (Å²) >= 11 is 0. The second-order valence-electron chi connectivity index (χ2n) is 28.6. The molecule has 0 bridgehead atoms. The van der Waals surface area contributed by atoms with Gasteiger partial charge in [-0.15, -0.1) is 0 Å². The van der Waals surface area contributed by atoms with Crippen LogP contribution in [0, 0.1) is 0 Å². The van der Waals surface area contributed by atoms with Gasteiger partial charge in [-0.3, -0.25) is 4.79 Å². The van der Waals surface area contributed by atoms with Gasteiger partial charge >= 0.3 is 0 Å². The first-order chi connectivity index (χ1) is 44.3.